The third-order valence-electron chi connectivity index (χ3n) is 3.21. The second kappa shape index (κ2) is 4.15. The fourth-order valence-corrected chi connectivity index (χ4v) is 2.89. The lowest BCUT2D eigenvalue weighted by atomic mass is 10.1. The van der Waals surface area contributed by atoms with E-state index in [2.05, 4.69) is 36.2 Å². The summed E-state index contributed by atoms with van der Waals surface area (Å²) < 4.78 is 0. The van der Waals surface area contributed by atoms with E-state index >= 15 is 0 Å². The largest absolute Gasteiger partial charge is 0.389 e. The molecule has 0 radical (unpaired) electrons. The van der Waals surface area contributed by atoms with Gasteiger partial charge in [0.2, 0.25) is 0 Å². The maximum absolute atomic E-state index is 6.05. The van der Waals surface area contributed by atoms with Gasteiger partial charge in [0.1, 0.15) is 10.7 Å². The number of benzene rings is 1. The van der Waals surface area contributed by atoms with E-state index in [1.54, 1.807) is 11.3 Å². The molecule has 0 aliphatic heterocycles. The molecule has 0 unspecified atom stereocenters. The zero-order valence-corrected chi connectivity index (χ0v) is 10.8. The molecule has 2 aromatic rings. The van der Waals surface area contributed by atoms with Crippen molar-refractivity contribution in [3.05, 3.63) is 34.8 Å². The highest BCUT2D eigenvalue weighted by Gasteiger charge is 2.23. The highest BCUT2D eigenvalue weighted by molar-refractivity contribution is 7.16. The molecule has 2 N–H and O–H groups in total. The molecule has 0 saturated heterocycles. The molecule has 1 saturated carbocycles. The van der Waals surface area contributed by atoms with Crippen LogP contribution in [0.15, 0.2) is 24.3 Å². The van der Waals surface area contributed by atoms with Crippen LogP contribution in [0.4, 0.5) is 5.00 Å². The van der Waals surface area contributed by atoms with Crippen molar-refractivity contribution in [2.24, 2.45) is 0 Å². The van der Waals surface area contributed by atoms with Gasteiger partial charge in [0, 0.05) is 5.56 Å². The summed E-state index contributed by atoms with van der Waals surface area (Å²) >= 11 is 1.61. The molecule has 3 rings (SSSR count). The molecule has 0 spiro atoms. The van der Waals surface area contributed by atoms with Gasteiger partial charge in [-0.15, -0.1) is 11.3 Å². The molecule has 1 aliphatic carbocycles. The predicted molar refractivity (Wildman–Crippen MR) is 73.3 cm³/mol. The van der Waals surface area contributed by atoms with Crippen molar-refractivity contribution in [2.75, 3.05) is 5.73 Å². The first kappa shape index (κ1) is 10.8. The fourth-order valence-electron chi connectivity index (χ4n) is 2.09. The maximum atomic E-state index is 6.05. The lowest BCUT2D eigenvalue weighted by Gasteiger charge is -2.02. The van der Waals surface area contributed by atoms with E-state index < -0.39 is 0 Å². The first-order valence-corrected chi connectivity index (χ1v) is 6.95. The Hall–Kier alpha value is -1.35. The van der Waals surface area contributed by atoms with Gasteiger partial charge in [-0.25, -0.2) is 4.98 Å². The van der Waals surface area contributed by atoms with E-state index in [-0.39, 0.29) is 0 Å². The number of thiazole rings is 1. The molecular formula is C14H16N2S. The first-order chi connectivity index (χ1) is 8.28. The number of nitrogen functional groups attached to an aromatic ring is 1. The predicted octanol–water partition coefficient (Wildman–Crippen LogP) is 3.83. The van der Waals surface area contributed by atoms with Crippen molar-refractivity contribution in [3.8, 4) is 11.3 Å². The summed E-state index contributed by atoms with van der Waals surface area (Å²) in [5.74, 6) is 0.778. The van der Waals surface area contributed by atoms with Gasteiger partial charge in [-0.3, -0.25) is 0 Å². The molecule has 0 atom stereocenters. The van der Waals surface area contributed by atoms with Gasteiger partial charge < -0.3 is 5.73 Å². The van der Waals surface area contributed by atoms with Crippen molar-refractivity contribution in [1.82, 2.24) is 4.98 Å². The van der Waals surface area contributed by atoms with E-state index in [0.29, 0.717) is 0 Å². The Labute approximate surface area is 106 Å². The Bertz CT molecular complexity index is 541. The maximum Gasteiger partial charge on any atom is 0.114 e. The van der Waals surface area contributed by atoms with E-state index in [0.717, 1.165) is 28.0 Å². The molecule has 3 heteroatoms. The smallest absolute Gasteiger partial charge is 0.114 e. The molecular weight excluding hydrogens is 228 g/mol. The standard InChI is InChI=1S/C14H16N2S/c1-2-12-16-13(14(15)17-12)11-5-3-4-10(8-11)9-6-7-9/h3-5,8-9H,2,6-7,15H2,1H3. The van der Waals surface area contributed by atoms with Crippen LogP contribution in [-0.4, -0.2) is 4.98 Å². The van der Waals surface area contributed by atoms with Crippen LogP contribution in [0.5, 0.6) is 0 Å². The molecule has 88 valence electrons. The molecule has 1 fully saturated rings. The van der Waals surface area contributed by atoms with Crippen LogP contribution in [-0.2, 0) is 6.42 Å². The summed E-state index contributed by atoms with van der Waals surface area (Å²) in [5, 5.41) is 1.96. The summed E-state index contributed by atoms with van der Waals surface area (Å²) in [4.78, 5) is 4.61. The van der Waals surface area contributed by atoms with Crippen LogP contribution in [0, 0.1) is 0 Å². The SMILES string of the molecule is CCc1nc(-c2cccc(C3CC3)c2)c(N)s1. The van der Waals surface area contributed by atoms with Crippen molar-refractivity contribution in [2.45, 2.75) is 32.1 Å². The van der Waals surface area contributed by atoms with Gasteiger partial charge >= 0.3 is 0 Å². The van der Waals surface area contributed by atoms with E-state index in [1.165, 1.54) is 24.0 Å². The molecule has 2 nitrogen and oxygen atoms in total. The quantitative estimate of drug-likeness (QED) is 0.891. The monoisotopic (exact) mass is 244 g/mol. The lowest BCUT2D eigenvalue weighted by Crippen LogP contribution is -1.88. The van der Waals surface area contributed by atoms with Gasteiger partial charge in [-0.05, 0) is 36.8 Å². The van der Waals surface area contributed by atoms with Crippen molar-refractivity contribution >= 4 is 16.3 Å². The Morgan fingerprint density at radius 1 is 1.41 bits per heavy atom. The van der Waals surface area contributed by atoms with Crippen LogP contribution < -0.4 is 5.73 Å². The van der Waals surface area contributed by atoms with Crippen LogP contribution in [0.1, 0.15) is 36.3 Å². The Balaban J connectivity index is 2.01. The van der Waals surface area contributed by atoms with Crippen molar-refractivity contribution < 1.29 is 0 Å². The van der Waals surface area contributed by atoms with E-state index in [4.69, 9.17) is 5.73 Å². The zero-order chi connectivity index (χ0) is 11.8. The summed E-state index contributed by atoms with van der Waals surface area (Å²) in [6, 6.07) is 8.69. The van der Waals surface area contributed by atoms with Crippen LogP contribution in [0.2, 0.25) is 0 Å². The highest BCUT2D eigenvalue weighted by Crippen LogP contribution is 2.41. The average Bonchev–Trinajstić information content (AvgIpc) is 3.13. The number of aryl methyl sites for hydroxylation is 1. The van der Waals surface area contributed by atoms with E-state index in [1.807, 2.05) is 0 Å². The first-order valence-electron chi connectivity index (χ1n) is 6.13. The summed E-state index contributed by atoms with van der Waals surface area (Å²) in [6.45, 7) is 2.11. The minimum absolute atomic E-state index is 0.778. The lowest BCUT2D eigenvalue weighted by molar-refractivity contribution is 1.09. The number of anilines is 1. The molecule has 0 amide bonds. The summed E-state index contributed by atoms with van der Waals surface area (Å²) in [6.07, 6.45) is 3.61. The second-order valence-electron chi connectivity index (χ2n) is 4.57. The second-order valence-corrected chi connectivity index (χ2v) is 5.69. The number of rotatable bonds is 3. The third kappa shape index (κ3) is 2.07. The normalized spacial score (nSPS) is 15.1. The number of nitrogens with zero attached hydrogens (tertiary/aromatic N) is 1. The minimum atomic E-state index is 0.778. The van der Waals surface area contributed by atoms with Gasteiger partial charge in [0.25, 0.3) is 0 Å². The molecule has 0 bridgehead atoms. The number of aromatic nitrogens is 1. The summed E-state index contributed by atoms with van der Waals surface area (Å²) in [5.41, 5.74) is 9.62. The van der Waals surface area contributed by atoms with Gasteiger partial charge in [0.15, 0.2) is 0 Å². The van der Waals surface area contributed by atoms with Crippen molar-refractivity contribution in [1.29, 1.82) is 0 Å². The van der Waals surface area contributed by atoms with Gasteiger partial charge in [-0.1, -0.05) is 25.1 Å². The minimum Gasteiger partial charge on any atom is -0.389 e. The molecule has 1 heterocycles. The van der Waals surface area contributed by atoms with E-state index in [9.17, 15) is 0 Å². The third-order valence-corrected chi connectivity index (χ3v) is 4.24. The van der Waals surface area contributed by atoms with Crippen molar-refractivity contribution in [3.63, 3.8) is 0 Å². The number of hydrogen-bond donors (Lipinski definition) is 1. The number of nitrogens with two attached hydrogens (primary N) is 1. The Morgan fingerprint density at radius 3 is 2.88 bits per heavy atom. The average molecular weight is 244 g/mol. The number of hydrogen-bond acceptors (Lipinski definition) is 3. The van der Waals surface area contributed by atoms with Crippen LogP contribution in [0.3, 0.4) is 0 Å². The Kier molecular flexibility index (Phi) is 2.63. The molecule has 17 heavy (non-hydrogen) atoms. The van der Waals surface area contributed by atoms with Crippen LogP contribution in [0.25, 0.3) is 11.3 Å². The van der Waals surface area contributed by atoms with Gasteiger partial charge in [0.05, 0.1) is 5.01 Å². The summed E-state index contributed by atoms with van der Waals surface area (Å²) in [7, 11) is 0. The fraction of sp³-hybridized carbons (Fsp3) is 0.357. The molecule has 1 aromatic carbocycles. The molecule has 1 aromatic heterocycles. The highest BCUT2D eigenvalue weighted by atomic mass is 32.1. The van der Waals surface area contributed by atoms with Gasteiger partial charge in [-0.2, -0.15) is 0 Å². The Morgan fingerprint density at radius 2 is 2.24 bits per heavy atom. The zero-order valence-electron chi connectivity index (χ0n) is 9.94. The topological polar surface area (TPSA) is 38.9 Å². The van der Waals surface area contributed by atoms with Crippen LogP contribution >= 0.6 is 11.3 Å². The molecule has 1 aliphatic rings.